The summed E-state index contributed by atoms with van der Waals surface area (Å²) >= 11 is 0. The summed E-state index contributed by atoms with van der Waals surface area (Å²) in [5.41, 5.74) is 2.01. The second-order valence-electron chi connectivity index (χ2n) is 4.42. The molecule has 0 fully saturated rings. The van der Waals surface area contributed by atoms with Gasteiger partial charge < -0.3 is 5.32 Å². The standard InChI is InChI=1S/C13H20FN/c1-10(2)5-4-8-15-13-7-6-12(14)9-11(13)3/h6-7,9-10,15H,4-5,8H2,1-3H3. The van der Waals surface area contributed by atoms with E-state index in [4.69, 9.17) is 0 Å². The molecule has 0 aromatic heterocycles. The summed E-state index contributed by atoms with van der Waals surface area (Å²) < 4.78 is 12.8. The molecular formula is C13H20FN. The van der Waals surface area contributed by atoms with Crippen LogP contribution < -0.4 is 5.32 Å². The van der Waals surface area contributed by atoms with Gasteiger partial charge in [-0.2, -0.15) is 0 Å². The van der Waals surface area contributed by atoms with Gasteiger partial charge in [-0.15, -0.1) is 0 Å². The molecule has 0 heterocycles. The second-order valence-corrected chi connectivity index (χ2v) is 4.42. The quantitative estimate of drug-likeness (QED) is 0.723. The number of nitrogens with one attached hydrogen (secondary N) is 1. The largest absolute Gasteiger partial charge is 0.385 e. The molecule has 0 amide bonds. The molecule has 0 saturated carbocycles. The van der Waals surface area contributed by atoms with Crippen LogP contribution in [0.1, 0.15) is 32.3 Å². The first kappa shape index (κ1) is 12.0. The summed E-state index contributed by atoms with van der Waals surface area (Å²) in [5, 5.41) is 3.33. The van der Waals surface area contributed by atoms with Gasteiger partial charge in [0.2, 0.25) is 0 Å². The van der Waals surface area contributed by atoms with E-state index in [1.54, 1.807) is 12.1 Å². The Morgan fingerprint density at radius 2 is 2.07 bits per heavy atom. The molecule has 1 rings (SSSR count). The van der Waals surface area contributed by atoms with E-state index in [0.717, 1.165) is 30.1 Å². The van der Waals surface area contributed by atoms with Crippen molar-refractivity contribution in [2.24, 2.45) is 5.92 Å². The Kier molecular flexibility index (Phi) is 4.60. The highest BCUT2D eigenvalue weighted by Crippen LogP contribution is 2.15. The highest BCUT2D eigenvalue weighted by Gasteiger charge is 1.99. The van der Waals surface area contributed by atoms with Gasteiger partial charge in [0.1, 0.15) is 5.82 Å². The van der Waals surface area contributed by atoms with E-state index in [0.29, 0.717) is 0 Å². The Morgan fingerprint density at radius 1 is 1.33 bits per heavy atom. The summed E-state index contributed by atoms with van der Waals surface area (Å²) in [7, 11) is 0. The number of hydrogen-bond donors (Lipinski definition) is 1. The Balaban J connectivity index is 2.37. The van der Waals surface area contributed by atoms with Gasteiger partial charge in [0.25, 0.3) is 0 Å². The van der Waals surface area contributed by atoms with Crippen LogP contribution in [0, 0.1) is 18.7 Å². The molecule has 0 unspecified atom stereocenters. The molecule has 0 aliphatic heterocycles. The van der Waals surface area contributed by atoms with Gasteiger partial charge in [-0.25, -0.2) is 4.39 Å². The van der Waals surface area contributed by atoms with Gasteiger partial charge in [0.15, 0.2) is 0 Å². The third-order valence-corrected chi connectivity index (χ3v) is 2.46. The van der Waals surface area contributed by atoms with Gasteiger partial charge in [0, 0.05) is 12.2 Å². The zero-order valence-corrected chi connectivity index (χ0v) is 9.81. The fraction of sp³-hybridized carbons (Fsp3) is 0.538. The normalized spacial score (nSPS) is 10.7. The van der Waals surface area contributed by atoms with Crippen molar-refractivity contribution in [3.8, 4) is 0 Å². The molecule has 1 N–H and O–H groups in total. The average molecular weight is 209 g/mol. The highest BCUT2D eigenvalue weighted by molar-refractivity contribution is 5.50. The fourth-order valence-corrected chi connectivity index (χ4v) is 1.56. The van der Waals surface area contributed by atoms with Crippen molar-refractivity contribution in [2.45, 2.75) is 33.6 Å². The highest BCUT2D eigenvalue weighted by atomic mass is 19.1. The van der Waals surface area contributed by atoms with E-state index in [1.807, 2.05) is 6.92 Å². The van der Waals surface area contributed by atoms with E-state index in [2.05, 4.69) is 19.2 Å². The average Bonchev–Trinajstić information content (AvgIpc) is 2.14. The molecule has 0 saturated heterocycles. The van der Waals surface area contributed by atoms with Gasteiger partial charge in [-0.1, -0.05) is 13.8 Å². The van der Waals surface area contributed by atoms with Gasteiger partial charge in [-0.05, 0) is 49.4 Å². The van der Waals surface area contributed by atoms with Gasteiger partial charge >= 0.3 is 0 Å². The first-order valence-electron chi connectivity index (χ1n) is 5.59. The second kappa shape index (κ2) is 5.74. The van der Waals surface area contributed by atoms with Crippen molar-refractivity contribution in [2.75, 3.05) is 11.9 Å². The molecule has 0 atom stereocenters. The monoisotopic (exact) mass is 209 g/mol. The Bertz CT molecular complexity index is 307. The van der Waals surface area contributed by atoms with Crippen LogP contribution in [-0.2, 0) is 0 Å². The molecule has 15 heavy (non-hydrogen) atoms. The van der Waals surface area contributed by atoms with E-state index >= 15 is 0 Å². The number of anilines is 1. The zero-order valence-electron chi connectivity index (χ0n) is 9.81. The summed E-state index contributed by atoms with van der Waals surface area (Å²) in [6.07, 6.45) is 2.39. The van der Waals surface area contributed by atoms with Crippen LogP contribution in [0.5, 0.6) is 0 Å². The molecule has 1 nitrogen and oxygen atoms in total. The van der Waals surface area contributed by atoms with E-state index in [9.17, 15) is 4.39 Å². The molecule has 84 valence electrons. The number of aryl methyl sites for hydroxylation is 1. The lowest BCUT2D eigenvalue weighted by Crippen LogP contribution is -2.04. The molecule has 2 heteroatoms. The number of hydrogen-bond acceptors (Lipinski definition) is 1. The Labute approximate surface area is 91.7 Å². The lowest BCUT2D eigenvalue weighted by atomic mass is 10.1. The predicted octanol–water partition coefficient (Wildman–Crippen LogP) is 3.98. The van der Waals surface area contributed by atoms with Gasteiger partial charge in [0.05, 0.1) is 0 Å². The summed E-state index contributed by atoms with van der Waals surface area (Å²) in [6, 6.07) is 4.86. The van der Waals surface area contributed by atoms with Crippen LogP contribution in [0.4, 0.5) is 10.1 Å². The minimum atomic E-state index is -0.166. The zero-order chi connectivity index (χ0) is 11.3. The van der Waals surface area contributed by atoms with Crippen molar-refractivity contribution in [3.63, 3.8) is 0 Å². The van der Waals surface area contributed by atoms with Crippen LogP contribution in [0.2, 0.25) is 0 Å². The number of halogens is 1. The Hall–Kier alpha value is -1.05. The van der Waals surface area contributed by atoms with Crippen molar-refractivity contribution >= 4 is 5.69 Å². The van der Waals surface area contributed by atoms with E-state index in [-0.39, 0.29) is 5.82 Å². The first-order chi connectivity index (χ1) is 7.09. The van der Waals surface area contributed by atoms with Crippen LogP contribution in [0.3, 0.4) is 0 Å². The van der Waals surface area contributed by atoms with E-state index < -0.39 is 0 Å². The lowest BCUT2D eigenvalue weighted by molar-refractivity contribution is 0.567. The molecule has 1 aromatic carbocycles. The first-order valence-corrected chi connectivity index (χ1v) is 5.59. The third kappa shape index (κ3) is 4.32. The molecular weight excluding hydrogens is 189 g/mol. The smallest absolute Gasteiger partial charge is 0.123 e. The van der Waals surface area contributed by atoms with E-state index in [1.165, 1.54) is 12.5 Å². The van der Waals surface area contributed by atoms with Crippen LogP contribution >= 0.6 is 0 Å². The molecule has 0 aliphatic rings. The summed E-state index contributed by atoms with van der Waals surface area (Å²) in [4.78, 5) is 0. The SMILES string of the molecule is Cc1cc(F)ccc1NCCCC(C)C. The number of rotatable bonds is 5. The van der Waals surface area contributed by atoms with Crippen molar-refractivity contribution in [3.05, 3.63) is 29.6 Å². The topological polar surface area (TPSA) is 12.0 Å². The maximum atomic E-state index is 12.8. The van der Waals surface area contributed by atoms with Gasteiger partial charge in [-0.3, -0.25) is 0 Å². The molecule has 0 bridgehead atoms. The summed E-state index contributed by atoms with van der Waals surface area (Å²) in [6.45, 7) is 7.34. The third-order valence-electron chi connectivity index (χ3n) is 2.46. The molecule has 0 radical (unpaired) electrons. The minimum absolute atomic E-state index is 0.166. The molecule has 1 aromatic rings. The fourth-order valence-electron chi connectivity index (χ4n) is 1.56. The number of benzene rings is 1. The lowest BCUT2D eigenvalue weighted by Gasteiger charge is -2.10. The maximum Gasteiger partial charge on any atom is 0.123 e. The van der Waals surface area contributed by atoms with Crippen LogP contribution in [0.15, 0.2) is 18.2 Å². The van der Waals surface area contributed by atoms with Crippen molar-refractivity contribution < 1.29 is 4.39 Å². The minimum Gasteiger partial charge on any atom is -0.385 e. The van der Waals surface area contributed by atoms with Crippen molar-refractivity contribution in [1.29, 1.82) is 0 Å². The molecule has 0 spiro atoms. The Morgan fingerprint density at radius 3 is 2.67 bits per heavy atom. The summed E-state index contributed by atoms with van der Waals surface area (Å²) in [5.74, 6) is 0.585. The van der Waals surface area contributed by atoms with Crippen LogP contribution in [0.25, 0.3) is 0 Å². The van der Waals surface area contributed by atoms with Crippen molar-refractivity contribution in [1.82, 2.24) is 0 Å². The van der Waals surface area contributed by atoms with Crippen LogP contribution in [-0.4, -0.2) is 6.54 Å². The predicted molar refractivity (Wildman–Crippen MR) is 63.7 cm³/mol. The molecule has 0 aliphatic carbocycles. The maximum absolute atomic E-state index is 12.8.